The highest BCUT2D eigenvalue weighted by Crippen LogP contribution is 2.27. The van der Waals surface area contributed by atoms with E-state index in [0.717, 1.165) is 29.4 Å². The molecule has 2 aromatic rings. The predicted molar refractivity (Wildman–Crippen MR) is 81.0 cm³/mol. The fourth-order valence-corrected chi connectivity index (χ4v) is 2.33. The van der Waals surface area contributed by atoms with Gasteiger partial charge in [-0.2, -0.15) is 0 Å². The van der Waals surface area contributed by atoms with Gasteiger partial charge in [0, 0.05) is 30.6 Å². The zero-order valence-corrected chi connectivity index (χ0v) is 11.8. The summed E-state index contributed by atoms with van der Waals surface area (Å²) in [4.78, 5) is 16.0. The number of rotatable bonds is 5. The van der Waals surface area contributed by atoms with E-state index in [1.54, 1.807) is 6.20 Å². The third-order valence-corrected chi connectivity index (χ3v) is 3.66. The van der Waals surface area contributed by atoms with Crippen molar-refractivity contribution in [3.63, 3.8) is 0 Å². The van der Waals surface area contributed by atoms with Gasteiger partial charge in [0.1, 0.15) is 0 Å². The van der Waals surface area contributed by atoms with E-state index in [9.17, 15) is 4.79 Å². The monoisotopic (exact) mass is 289 g/mol. The van der Waals surface area contributed by atoms with Gasteiger partial charge in [-0.05, 0) is 37.1 Å². The van der Waals surface area contributed by atoms with Crippen LogP contribution in [0.4, 0.5) is 5.69 Å². The minimum Gasteiger partial charge on any atom is -0.383 e. The molecule has 4 nitrogen and oxygen atoms in total. The molecule has 104 valence electrons. The molecule has 3 rings (SSSR count). The quantitative estimate of drug-likeness (QED) is 0.890. The van der Waals surface area contributed by atoms with Gasteiger partial charge in [0.2, 0.25) is 5.91 Å². The molecule has 1 fully saturated rings. The summed E-state index contributed by atoms with van der Waals surface area (Å²) >= 11 is 6.15. The largest absolute Gasteiger partial charge is 0.383 e. The molecule has 0 radical (unpaired) electrons. The first kappa shape index (κ1) is 13.2. The molecule has 1 aromatic heterocycles. The number of anilines is 1. The number of carbonyl (C=O) groups excluding carboxylic acids is 1. The molecule has 0 spiro atoms. The van der Waals surface area contributed by atoms with Crippen LogP contribution >= 0.6 is 11.6 Å². The van der Waals surface area contributed by atoms with Crippen molar-refractivity contribution in [1.29, 1.82) is 0 Å². The summed E-state index contributed by atoms with van der Waals surface area (Å²) in [5, 5.41) is 7.83. The summed E-state index contributed by atoms with van der Waals surface area (Å²) in [7, 11) is 0. The predicted octanol–water partition coefficient (Wildman–Crippen LogP) is 2.97. The molecule has 0 saturated heterocycles. The number of amides is 1. The topological polar surface area (TPSA) is 54.0 Å². The van der Waals surface area contributed by atoms with Gasteiger partial charge in [-0.3, -0.25) is 9.78 Å². The Hall–Kier alpha value is -1.81. The first-order chi connectivity index (χ1) is 9.74. The van der Waals surface area contributed by atoms with E-state index in [1.165, 1.54) is 0 Å². The molecule has 0 atom stereocenters. The van der Waals surface area contributed by atoms with Crippen molar-refractivity contribution < 1.29 is 4.79 Å². The molecule has 0 unspecified atom stereocenters. The highest BCUT2D eigenvalue weighted by Gasteiger charge is 2.22. The Morgan fingerprint density at radius 3 is 3.00 bits per heavy atom. The van der Waals surface area contributed by atoms with Crippen molar-refractivity contribution in [3.05, 3.63) is 35.5 Å². The Bertz CT molecular complexity index is 640. The van der Waals surface area contributed by atoms with Crippen LogP contribution in [0.3, 0.4) is 0 Å². The van der Waals surface area contributed by atoms with Gasteiger partial charge in [-0.1, -0.05) is 11.6 Å². The second-order valence-electron chi connectivity index (χ2n) is 5.01. The summed E-state index contributed by atoms with van der Waals surface area (Å²) in [5.74, 6) is 0.103. The fourth-order valence-electron chi connectivity index (χ4n) is 2.12. The van der Waals surface area contributed by atoms with Crippen LogP contribution in [0.15, 0.2) is 30.5 Å². The number of pyridine rings is 1. The molecule has 0 bridgehead atoms. The van der Waals surface area contributed by atoms with Crippen LogP contribution in [-0.4, -0.2) is 23.5 Å². The van der Waals surface area contributed by atoms with Gasteiger partial charge in [0.05, 0.1) is 16.2 Å². The molecule has 1 aliphatic carbocycles. The van der Waals surface area contributed by atoms with Gasteiger partial charge in [-0.15, -0.1) is 0 Å². The maximum Gasteiger partial charge on any atom is 0.221 e. The lowest BCUT2D eigenvalue weighted by Gasteiger charge is -2.10. The van der Waals surface area contributed by atoms with Gasteiger partial charge in [-0.25, -0.2) is 0 Å². The minimum atomic E-state index is 0.103. The maximum absolute atomic E-state index is 11.6. The van der Waals surface area contributed by atoms with Crippen molar-refractivity contribution in [1.82, 2.24) is 10.3 Å². The normalized spacial score (nSPS) is 14.2. The lowest BCUT2D eigenvalue weighted by Crippen LogP contribution is -2.27. The van der Waals surface area contributed by atoms with E-state index in [4.69, 9.17) is 11.6 Å². The van der Waals surface area contributed by atoms with E-state index in [-0.39, 0.29) is 5.91 Å². The average molecular weight is 290 g/mol. The highest BCUT2D eigenvalue weighted by molar-refractivity contribution is 6.35. The molecule has 20 heavy (non-hydrogen) atoms. The average Bonchev–Trinajstić information content (AvgIpc) is 3.26. The summed E-state index contributed by atoms with van der Waals surface area (Å²) in [5.41, 5.74) is 1.74. The summed E-state index contributed by atoms with van der Waals surface area (Å²) < 4.78 is 0. The molecule has 5 heteroatoms. The van der Waals surface area contributed by atoms with E-state index >= 15 is 0 Å². The van der Waals surface area contributed by atoms with Gasteiger partial charge in [0.25, 0.3) is 0 Å². The van der Waals surface area contributed by atoms with Crippen LogP contribution in [0.5, 0.6) is 0 Å². The molecule has 1 aliphatic rings. The van der Waals surface area contributed by atoms with Gasteiger partial charge >= 0.3 is 0 Å². The molecular formula is C15H16ClN3O. The zero-order valence-electron chi connectivity index (χ0n) is 11.0. The van der Waals surface area contributed by atoms with Crippen molar-refractivity contribution in [2.75, 3.05) is 11.9 Å². The van der Waals surface area contributed by atoms with Crippen LogP contribution in [0.1, 0.15) is 19.3 Å². The number of nitrogens with zero attached hydrogens (tertiary/aromatic N) is 1. The smallest absolute Gasteiger partial charge is 0.221 e. The third kappa shape index (κ3) is 3.02. The number of hydrogen-bond acceptors (Lipinski definition) is 3. The zero-order chi connectivity index (χ0) is 13.9. The Morgan fingerprint density at radius 1 is 1.35 bits per heavy atom. The molecular weight excluding hydrogens is 274 g/mol. The Labute approximate surface area is 122 Å². The SMILES string of the molecule is O=C(CCNc1ccc(Cl)c2cccnc12)NC1CC1. The van der Waals surface area contributed by atoms with Crippen LogP contribution in [0, 0.1) is 0 Å². The first-order valence-corrected chi connectivity index (χ1v) is 7.18. The second kappa shape index (κ2) is 5.67. The summed E-state index contributed by atoms with van der Waals surface area (Å²) in [6.07, 6.45) is 4.44. The van der Waals surface area contributed by atoms with Crippen molar-refractivity contribution in [2.24, 2.45) is 0 Å². The van der Waals surface area contributed by atoms with E-state index in [1.807, 2.05) is 24.3 Å². The van der Waals surface area contributed by atoms with E-state index in [2.05, 4.69) is 15.6 Å². The Kier molecular flexibility index (Phi) is 3.74. The van der Waals surface area contributed by atoms with Gasteiger partial charge in [0.15, 0.2) is 0 Å². The van der Waals surface area contributed by atoms with Crippen LogP contribution in [0.2, 0.25) is 5.02 Å². The van der Waals surface area contributed by atoms with E-state index in [0.29, 0.717) is 24.0 Å². The minimum absolute atomic E-state index is 0.103. The number of nitrogens with one attached hydrogen (secondary N) is 2. The van der Waals surface area contributed by atoms with Crippen LogP contribution in [-0.2, 0) is 4.79 Å². The summed E-state index contributed by atoms with van der Waals surface area (Å²) in [6.45, 7) is 0.589. The standard InChI is InChI=1S/C15H16ClN3O/c16-12-5-6-13(15-11(12)2-1-8-18-15)17-9-7-14(20)19-10-3-4-10/h1-2,5-6,8,10,17H,3-4,7,9H2,(H,19,20). The third-order valence-electron chi connectivity index (χ3n) is 3.33. The highest BCUT2D eigenvalue weighted by atomic mass is 35.5. The summed E-state index contributed by atoms with van der Waals surface area (Å²) in [6, 6.07) is 7.96. The number of hydrogen-bond donors (Lipinski definition) is 2. The number of fused-ring (bicyclic) bond motifs is 1. The molecule has 0 aliphatic heterocycles. The first-order valence-electron chi connectivity index (χ1n) is 6.80. The van der Waals surface area contributed by atoms with E-state index < -0.39 is 0 Å². The number of carbonyl (C=O) groups is 1. The molecule has 1 amide bonds. The van der Waals surface area contributed by atoms with Crippen molar-refractivity contribution in [2.45, 2.75) is 25.3 Å². The lowest BCUT2D eigenvalue weighted by molar-refractivity contribution is -0.120. The lowest BCUT2D eigenvalue weighted by atomic mass is 10.2. The molecule has 1 heterocycles. The second-order valence-corrected chi connectivity index (χ2v) is 5.42. The molecule has 2 N–H and O–H groups in total. The maximum atomic E-state index is 11.6. The molecule has 1 saturated carbocycles. The van der Waals surface area contributed by atoms with Crippen molar-refractivity contribution in [3.8, 4) is 0 Å². The van der Waals surface area contributed by atoms with Crippen LogP contribution in [0.25, 0.3) is 10.9 Å². The Balaban J connectivity index is 1.65. The molecule has 1 aromatic carbocycles. The van der Waals surface area contributed by atoms with Crippen LogP contribution < -0.4 is 10.6 Å². The number of benzene rings is 1. The fraction of sp³-hybridized carbons (Fsp3) is 0.333. The van der Waals surface area contributed by atoms with Crippen molar-refractivity contribution >= 4 is 34.1 Å². The number of aromatic nitrogens is 1. The Morgan fingerprint density at radius 2 is 2.20 bits per heavy atom. The van der Waals surface area contributed by atoms with Gasteiger partial charge < -0.3 is 10.6 Å². The number of halogens is 1.